The average molecular weight is 457 g/mol. The number of carbonyl (C=O) groups is 1. The number of anilines is 1. The van der Waals surface area contributed by atoms with E-state index in [1.807, 2.05) is 31.2 Å². The minimum atomic E-state index is -3.67. The van der Waals surface area contributed by atoms with E-state index in [0.29, 0.717) is 24.4 Å². The number of nitrogens with one attached hydrogen (secondary N) is 1. The fourth-order valence-electron chi connectivity index (χ4n) is 3.16. The van der Waals surface area contributed by atoms with Crippen LogP contribution in [-0.2, 0) is 23.1 Å². The first-order chi connectivity index (χ1) is 15.3. The summed E-state index contributed by atoms with van der Waals surface area (Å²) in [7, 11) is -3.67. The van der Waals surface area contributed by atoms with E-state index < -0.39 is 15.8 Å². The van der Waals surface area contributed by atoms with E-state index in [1.165, 1.54) is 24.3 Å². The van der Waals surface area contributed by atoms with Crippen LogP contribution in [0.3, 0.4) is 0 Å². The van der Waals surface area contributed by atoms with Gasteiger partial charge in [0.25, 0.3) is 5.91 Å². The molecule has 6 nitrogen and oxygen atoms in total. The second kappa shape index (κ2) is 10.3. The predicted molar refractivity (Wildman–Crippen MR) is 123 cm³/mol. The van der Waals surface area contributed by atoms with Gasteiger partial charge in [-0.1, -0.05) is 30.3 Å². The molecule has 1 amide bonds. The van der Waals surface area contributed by atoms with Gasteiger partial charge in [0.2, 0.25) is 10.0 Å². The van der Waals surface area contributed by atoms with Crippen molar-refractivity contribution in [2.75, 3.05) is 17.2 Å². The second-order valence-electron chi connectivity index (χ2n) is 7.17. The van der Waals surface area contributed by atoms with E-state index in [9.17, 15) is 17.6 Å². The van der Waals surface area contributed by atoms with E-state index in [-0.39, 0.29) is 18.0 Å². The van der Waals surface area contributed by atoms with Crippen LogP contribution >= 0.6 is 0 Å². The number of ether oxygens (including phenoxy) is 1. The molecule has 1 N–H and O–H groups in total. The number of sulfonamides is 1. The molecule has 0 radical (unpaired) electrons. The van der Waals surface area contributed by atoms with Gasteiger partial charge >= 0.3 is 0 Å². The Bertz CT molecular complexity index is 1180. The Morgan fingerprint density at radius 3 is 2.41 bits per heavy atom. The number of hydrogen-bond donors (Lipinski definition) is 1. The topological polar surface area (TPSA) is 75.7 Å². The van der Waals surface area contributed by atoms with E-state index in [4.69, 9.17) is 4.74 Å². The van der Waals surface area contributed by atoms with E-state index in [2.05, 4.69) is 5.32 Å². The summed E-state index contributed by atoms with van der Waals surface area (Å²) in [5.74, 6) is -0.0387. The second-order valence-corrected chi connectivity index (χ2v) is 9.08. The van der Waals surface area contributed by atoms with Crippen LogP contribution < -0.4 is 14.4 Å². The van der Waals surface area contributed by atoms with Gasteiger partial charge in [-0.15, -0.1) is 0 Å². The summed E-state index contributed by atoms with van der Waals surface area (Å²) in [5.41, 5.74) is 1.88. The van der Waals surface area contributed by atoms with Crippen molar-refractivity contribution in [3.05, 3.63) is 95.3 Å². The van der Waals surface area contributed by atoms with Crippen LogP contribution in [0.2, 0.25) is 0 Å². The van der Waals surface area contributed by atoms with E-state index >= 15 is 0 Å². The number of hydrogen-bond acceptors (Lipinski definition) is 4. The van der Waals surface area contributed by atoms with Crippen molar-refractivity contribution < 1.29 is 22.3 Å². The SMILES string of the molecule is CCOc1cccc(CNC(=O)c2ccc(N(Cc3ccccc3F)S(C)(=O)=O)cc2)c1. The molecule has 0 saturated carbocycles. The first kappa shape index (κ1) is 23.3. The fourth-order valence-corrected chi connectivity index (χ4v) is 4.03. The fraction of sp³-hybridized carbons (Fsp3) is 0.208. The standard InChI is InChI=1S/C24H25FN2O4S/c1-3-31-22-9-6-7-18(15-22)16-26-24(28)19-11-13-21(14-12-19)27(32(2,29)30)17-20-8-4-5-10-23(20)25/h4-15H,3,16-17H2,1-2H3,(H,26,28). The van der Waals surface area contributed by atoms with Gasteiger partial charge in [-0.3, -0.25) is 9.10 Å². The zero-order valence-electron chi connectivity index (χ0n) is 17.9. The molecular weight excluding hydrogens is 431 g/mol. The third-order valence-corrected chi connectivity index (χ3v) is 5.89. The van der Waals surface area contributed by atoms with E-state index in [1.54, 1.807) is 24.3 Å². The van der Waals surface area contributed by atoms with Gasteiger partial charge in [0.15, 0.2) is 0 Å². The molecule has 0 aliphatic heterocycles. The quantitative estimate of drug-likeness (QED) is 0.526. The lowest BCUT2D eigenvalue weighted by Gasteiger charge is -2.23. The molecule has 32 heavy (non-hydrogen) atoms. The summed E-state index contributed by atoms with van der Waals surface area (Å²) in [6.07, 6.45) is 1.06. The van der Waals surface area contributed by atoms with Crippen molar-refractivity contribution in [1.82, 2.24) is 5.32 Å². The lowest BCUT2D eigenvalue weighted by Crippen LogP contribution is -2.30. The average Bonchev–Trinajstić information content (AvgIpc) is 2.77. The molecular formula is C24H25FN2O4S. The van der Waals surface area contributed by atoms with Gasteiger partial charge in [-0.2, -0.15) is 0 Å². The predicted octanol–water partition coefficient (Wildman–Crippen LogP) is 4.12. The molecule has 3 aromatic carbocycles. The number of benzene rings is 3. The molecule has 0 atom stereocenters. The van der Waals surface area contributed by atoms with Gasteiger partial charge in [-0.05, 0) is 55.0 Å². The first-order valence-corrected chi connectivity index (χ1v) is 11.9. The van der Waals surface area contributed by atoms with Gasteiger partial charge < -0.3 is 10.1 Å². The largest absolute Gasteiger partial charge is 0.494 e. The molecule has 0 aliphatic carbocycles. The molecule has 168 valence electrons. The molecule has 0 spiro atoms. The Balaban J connectivity index is 1.71. The van der Waals surface area contributed by atoms with Crippen LogP contribution in [0.15, 0.2) is 72.8 Å². The van der Waals surface area contributed by atoms with Crippen LogP contribution in [0.4, 0.5) is 10.1 Å². The van der Waals surface area contributed by atoms with Crippen molar-refractivity contribution in [2.24, 2.45) is 0 Å². The number of nitrogens with zero attached hydrogens (tertiary/aromatic N) is 1. The Morgan fingerprint density at radius 1 is 1.03 bits per heavy atom. The smallest absolute Gasteiger partial charge is 0.251 e. The lowest BCUT2D eigenvalue weighted by atomic mass is 10.1. The summed E-state index contributed by atoms with van der Waals surface area (Å²) < 4.78 is 45.2. The van der Waals surface area contributed by atoms with E-state index in [0.717, 1.165) is 21.9 Å². The molecule has 0 heterocycles. The first-order valence-electron chi connectivity index (χ1n) is 10.1. The maximum absolute atomic E-state index is 14.0. The summed E-state index contributed by atoms with van der Waals surface area (Å²) in [6.45, 7) is 2.64. The molecule has 0 aromatic heterocycles. The highest BCUT2D eigenvalue weighted by Crippen LogP contribution is 2.22. The van der Waals surface area contributed by atoms with Crippen molar-refractivity contribution in [3.8, 4) is 5.75 Å². The van der Waals surface area contributed by atoms with Crippen LogP contribution in [-0.4, -0.2) is 27.2 Å². The molecule has 8 heteroatoms. The molecule has 0 fully saturated rings. The van der Waals surface area contributed by atoms with Crippen LogP contribution in [0.25, 0.3) is 0 Å². The summed E-state index contributed by atoms with van der Waals surface area (Å²) in [4.78, 5) is 12.5. The normalized spacial score (nSPS) is 11.1. The third-order valence-electron chi connectivity index (χ3n) is 4.75. The van der Waals surface area contributed by atoms with Crippen molar-refractivity contribution >= 4 is 21.6 Å². The number of rotatable bonds is 9. The summed E-state index contributed by atoms with van der Waals surface area (Å²) in [5, 5.41) is 2.83. The highest BCUT2D eigenvalue weighted by atomic mass is 32.2. The molecule has 0 saturated heterocycles. The zero-order chi connectivity index (χ0) is 23.1. The monoisotopic (exact) mass is 456 g/mol. The molecule has 3 aromatic rings. The van der Waals surface area contributed by atoms with Gasteiger partial charge in [0.05, 0.1) is 25.1 Å². The number of halogens is 1. The maximum atomic E-state index is 14.0. The molecule has 3 rings (SSSR count). The summed E-state index contributed by atoms with van der Waals surface area (Å²) in [6, 6.07) is 19.6. The number of carbonyl (C=O) groups excluding carboxylic acids is 1. The molecule has 0 aliphatic rings. The Kier molecular flexibility index (Phi) is 7.48. The van der Waals surface area contributed by atoms with Crippen molar-refractivity contribution in [3.63, 3.8) is 0 Å². The number of amides is 1. The van der Waals surface area contributed by atoms with Crippen LogP contribution in [0.1, 0.15) is 28.4 Å². The minimum absolute atomic E-state index is 0.146. The Morgan fingerprint density at radius 2 is 1.75 bits per heavy atom. The zero-order valence-corrected chi connectivity index (χ0v) is 18.7. The third kappa shape index (κ3) is 6.07. The highest BCUT2D eigenvalue weighted by Gasteiger charge is 2.20. The van der Waals surface area contributed by atoms with Gasteiger partial charge in [0.1, 0.15) is 11.6 Å². The highest BCUT2D eigenvalue weighted by molar-refractivity contribution is 7.92. The summed E-state index contributed by atoms with van der Waals surface area (Å²) >= 11 is 0. The Hall–Kier alpha value is -3.39. The van der Waals surface area contributed by atoms with Gasteiger partial charge in [0, 0.05) is 17.7 Å². The maximum Gasteiger partial charge on any atom is 0.251 e. The van der Waals surface area contributed by atoms with Gasteiger partial charge in [-0.25, -0.2) is 12.8 Å². The lowest BCUT2D eigenvalue weighted by molar-refractivity contribution is 0.0951. The van der Waals surface area contributed by atoms with Crippen LogP contribution in [0.5, 0.6) is 5.75 Å². The Labute approximate surface area is 187 Å². The molecule has 0 bridgehead atoms. The van der Waals surface area contributed by atoms with Crippen molar-refractivity contribution in [2.45, 2.75) is 20.0 Å². The van der Waals surface area contributed by atoms with Crippen molar-refractivity contribution in [1.29, 1.82) is 0 Å². The van der Waals surface area contributed by atoms with Crippen LogP contribution in [0, 0.1) is 5.82 Å². The molecule has 0 unspecified atom stereocenters. The minimum Gasteiger partial charge on any atom is -0.494 e.